The number of hydrogen-bond donors (Lipinski definition) is 1. The minimum Gasteiger partial charge on any atom is -0.414 e. The molecule has 3 nitrogen and oxygen atoms in total. The van der Waals surface area contributed by atoms with Crippen molar-refractivity contribution < 1.29 is 4.42 Å². The highest BCUT2D eigenvalue weighted by Crippen LogP contribution is 2.25. The maximum atomic E-state index is 5.23. The molecular weight excluding hydrogens is 204 g/mol. The van der Waals surface area contributed by atoms with Crippen molar-refractivity contribution in [2.45, 2.75) is 19.3 Å². The normalized spacial score (nSPS) is 19.1. The summed E-state index contributed by atoms with van der Waals surface area (Å²) >= 11 is 6.85. The number of thioether (sulfide) groups is 1. The first-order valence-corrected chi connectivity index (χ1v) is 6.03. The molecule has 0 unspecified atom stereocenters. The molecule has 1 aromatic rings. The number of H-pyrrole nitrogens is 1. The molecule has 72 valence electrons. The monoisotopic (exact) mass is 216 g/mol. The molecule has 1 aromatic heterocycles. The third kappa shape index (κ3) is 2.57. The Morgan fingerprint density at radius 2 is 2.31 bits per heavy atom. The van der Waals surface area contributed by atoms with E-state index >= 15 is 0 Å². The summed E-state index contributed by atoms with van der Waals surface area (Å²) in [6, 6.07) is 0. The van der Waals surface area contributed by atoms with Gasteiger partial charge < -0.3 is 4.42 Å². The summed E-state index contributed by atoms with van der Waals surface area (Å²) in [6.07, 6.45) is 3.49. The molecule has 1 N–H and O–H groups in total. The van der Waals surface area contributed by atoms with Crippen LogP contribution in [0.4, 0.5) is 0 Å². The fourth-order valence-corrected chi connectivity index (χ4v) is 2.89. The second-order valence-electron chi connectivity index (χ2n) is 3.27. The molecule has 0 amide bonds. The van der Waals surface area contributed by atoms with Crippen LogP contribution in [0.1, 0.15) is 18.7 Å². The van der Waals surface area contributed by atoms with E-state index in [1.807, 2.05) is 11.8 Å². The smallest absolute Gasteiger partial charge is 0.284 e. The Morgan fingerprint density at radius 3 is 2.92 bits per heavy atom. The Bertz CT molecular complexity index is 314. The zero-order valence-corrected chi connectivity index (χ0v) is 8.92. The molecule has 0 bridgehead atoms. The molecule has 1 saturated heterocycles. The van der Waals surface area contributed by atoms with Crippen molar-refractivity contribution in [3.05, 3.63) is 10.7 Å². The SMILES string of the molecule is S=c1[nH]nc(CC2CCSCC2)o1. The van der Waals surface area contributed by atoms with Crippen LogP contribution in [0.5, 0.6) is 0 Å². The van der Waals surface area contributed by atoms with Gasteiger partial charge in [-0.05, 0) is 42.5 Å². The molecule has 2 heterocycles. The minimum absolute atomic E-state index is 0.389. The third-order valence-electron chi connectivity index (χ3n) is 2.29. The molecule has 0 spiro atoms. The maximum Gasteiger partial charge on any atom is 0.284 e. The van der Waals surface area contributed by atoms with E-state index in [0.29, 0.717) is 4.84 Å². The van der Waals surface area contributed by atoms with E-state index in [-0.39, 0.29) is 0 Å². The van der Waals surface area contributed by atoms with E-state index in [4.69, 9.17) is 16.6 Å². The van der Waals surface area contributed by atoms with Crippen LogP contribution in [0.2, 0.25) is 0 Å². The third-order valence-corrected chi connectivity index (χ3v) is 3.51. The molecule has 1 aliphatic rings. The average molecular weight is 216 g/mol. The quantitative estimate of drug-likeness (QED) is 0.771. The molecule has 1 aliphatic heterocycles. The maximum absolute atomic E-state index is 5.23. The van der Waals surface area contributed by atoms with Crippen LogP contribution in [-0.2, 0) is 6.42 Å². The van der Waals surface area contributed by atoms with E-state index < -0.39 is 0 Å². The zero-order valence-electron chi connectivity index (χ0n) is 7.28. The summed E-state index contributed by atoms with van der Waals surface area (Å²) in [7, 11) is 0. The number of aromatic amines is 1. The summed E-state index contributed by atoms with van der Waals surface area (Å²) in [4.78, 5) is 0.389. The van der Waals surface area contributed by atoms with Crippen molar-refractivity contribution in [2.75, 3.05) is 11.5 Å². The lowest BCUT2D eigenvalue weighted by atomic mass is 9.99. The number of hydrogen-bond acceptors (Lipinski definition) is 4. The molecule has 2 rings (SSSR count). The van der Waals surface area contributed by atoms with Gasteiger partial charge in [0.15, 0.2) is 0 Å². The highest BCUT2D eigenvalue weighted by Gasteiger charge is 2.16. The first kappa shape index (κ1) is 9.27. The van der Waals surface area contributed by atoms with Crippen LogP contribution in [0, 0.1) is 10.8 Å². The molecule has 5 heteroatoms. The second-order valence-corrected chi connectivity index (χ2v) is 4.86. The Morgan fingerprint density at radius 1 is 1.54 bits per heavy atom. The fraction of sp³-hybridized carbons (Fsp3) is 0.750. The predicted molar refractivity (Wildman–Crippen MR) is 55.4 cm³/mol. The molecule has 1 fully saturated rings. The lowest BCUT2D eigenvalue weighted by Gasteiger charge is -2.19. The van der Waals surface area contributed by atoms with Crippen LogP contribution in [-0.4, -0.2) is 21.7 Å². The lowest BCUT2D eigenvalue weighted by molar-refractivity contribution is 0.403. The number of rotatable bonds is 2. The second kappa shape index (κ2) is 4.28. The van der Waals surface area contributed by atoms with E-state index in [9.17, 15) is 0 Å². The van der Waals surface area contributed by atoms with Gasteiger partial charge in [-0.15, -0.1) is 5.10 Å². The van der Waals surface area contributed by atoms with Gasteiger partial charge >= 0.3 is 0 Å². The summed E-state index contributed by atoms with van der Waals surface area (Å²) < 4.78 is 5.23. The number of nitrogens with zero attached hydrogens (tertiary/aromatic N) is 1. The molecule has 0 saturated carbocycles. The van der Waals surface area contributed by atoms with Crippen molar-refractivity contribution in [3.8, 4) is 0 Å². The zero-order chi connectivity index (χ0) is 9.10. The average Bonchev–Trinajstić information content (AvgIpc) is 2.53. The Hall–Kier alpha value is -0.290. The summed E-state index contributed by atoms with van der Waals surface area (Å²) in [5, 5.41) is 6.66. The first-order valence-electron chi connectivity index (χ1n) is 4.47. The highest BCUT2D eigenvalue weighted by molar-refractivity contribution is 7.99. The van der Waals surface area contributed by atoms with Gasteiger partial charge in [0.1, 0.15) is 0 Å². The van der Waals surface area contributed by atoms with Gasteiger partial charge in [0.05, 0.1) is 0 Å². The van der Waals surface area contributed by atoms with Crippen molar-refractivity contribution in [1.82, 2.24) is 10.2 Å². The van der Waals surface area contributed by atoms with E-state index in [0.717, 1.165) is 18.2 Å². The Balaban J connectivity index is 1.93. The van der Waals surface area contributed by atoms with Crippen molar-refractivity contribution >= 4 is 24.0 Å². The van der Waals surface area contributed by atoms with Crippen LogP contribution < -0.4 is 0 Å². The van der Waals surface area contributed by atoms with Crippen LogP contribution in [0.3, 0.4) is 0 Å². The molecule has 0 aromatic carbocycles. The van der Waals surface area contributed by atoms with E-state index in [1.165, 1.54) is 24.3 Å². The summed E-state index contributed by atoms with van der Waals surface area (Å²) in [6.45, 7) is 0. The number of aromatic nitrogens is 2. The highest BCUT2D eigenvalue weighted by atomic mass is 32.2. The summed E-state index contributed by atoms with van der Waals surface area (Å²) in [5.74, 6) is 4.05. The van der Waals surface area contributed by atoms with E-state index in [2.05, 4.69) is 10.2 Å². The topological polar surface area (TPSA) is 41.8 Å². The van der Waals surface area contributed by atoms with E-state index in [1.54, 1.807) is 0 Å². The first-order chi connectivity index (χ1) is 6.34. The molecule has 0 atom stereocenters. The van der Waals surface area contributed by atoms with Gasteiger partial charge in [-0.1, -0.05) is 0 Å². The van der Waals surface area contributed by atoms with Gasteiger partial charge in [-0.3, -0.25) is 0 Å². The number of nitrogens with one attached hydrogen (secondary N) is 1. The summed E-state index contributed by atoms with van der Waals surface area (Å²) in [5.41, 5.74) is 0. The molecule has 13 heavy (non-hydrogen) atoms. The molecule has 0 aliphatic carbocycles. The van der Waals surface area contributed by atoms with Crippen LogP contribution in [0.15, 0.2) is 4.42 Å². The largest absolute Gasteiger partial charge is 0.414 e. The minimum atomic E-state index is 0.389. The Kier molecular flexibility index (Phi) is 3.05. The molecule has 0 radical (unpaired) electrons. The lowest BCUT2D eigenvalue weighted by Crippen LogP contribution is -2.12. The Labute approximate surface area is 86.3 Å². The van der Waals surface area contributed by atoms with Crippen molar-refractivity contribution in [3.63, 3.8) is 0 Å². The van der Waals surface area contributed by atoms with Gasteiger partial charge in [0.2, 0.25) is 5.89 Å². The standard InChI is InChI=1S/C8H12N2OS2/c12-8-10-9-7(11-8)5-6-1-3-13-4-2-6/h6H,1-5H2,(H,10,12). The van der Waals surface area contributed by atoms with Crippen molar-refractivity contribution in [1.29, 1.82) is 0 Å². The van der Waals surface area contributed by atoms with Crippen molar-refractivity contribution in [2.24, 2.45) is 5.92 Å². The van der Waals surface area contributed by atoms with Crippen LogP contribution in [0.25, 0.3) is 0 Å². The van der Waals surface area contributed by atoms with Gasteiger partial charge in [0, 0.05) is 6.42 Å². The van der Waals surface area contributed by atoms with Gasteiger partial charge in [0.25, 0.3) is 4.84 Å². The van der Waals surface area contributed by atoms with Crippen LogP contribution >= 0.6 is 24.0 Å². The van der Waals surface area contributed by atoms with Gasteiger partial charge in [-0.2, -0.15) is 11.8 Å². The predicted octanol–water partition coefficient (Wildman–Crippen LogP) is 2.42. The molecular formula is C8H12N2OS2. The fourth-order valence-electron chi connectivity index (χ4n) is 1.55. The van der Waals surface area contributed by atoms with Gasteiger partial charge in [-0.25, -0.2) is 5.10 Å².